The van der Waals surface area contributed by atoms with Crippen molar-refractivity contribution in [3.05, 3.63) is 48.3 Å². The molecule has 1 spiro atoms. The van der Waals surface area contributed by atoms with E-state index in [1.54, 1.807) is 12.1 Å². The van der Waals surface area contributed by atoms with E-state index in [1.165, 1.54) is 6.07 Å². The van der Waals surface area contributed by atoms with Crippen LogP contribution >= 0.6 is 0 Å². The molecule has 126 valence electrons. The molecule has 0 radical (unpaired) electrons. The van der Waals surface area contributed by atoms with Gasteiger partial charge in [0.2, 0.25) is 5.95 Å². The zero-order valence-corrected chi connectivity index (χ0v) is 13.1. The molecule has 2 saturated heterocycles. The fraction of sp³-hybridized carbons (Fsp3) is 0.412. The van der Waals surface area contributed by atoms with Crippen LogP contribution in [-0.2, 0) is 4.74 Å². The van der Waals surface area contributed by atoms with Crippen molar-refractivity contribution in [2.45, 2.75) is 24.5 Å². The molecule has 2 fully saturated rings. The summed E-state index contributed by atoms with van der Waals surface area (Å²) in [5.74, 6) is -0.281. The number of aromatic nitrogens is 2. The molecule has 2 aliphatic heterocycles. The minimum Gasteiger partial charge on any atom is -0.371 e. The Morgan fingerprint density at radius 2 is 2.04 bits per heavy atom. The third-order valence-corrected chi connectivity index (χ3v) is 4.65. The van der Waals surface area contributed by atoms with Gasteiger partial charge in [0.15, 0.2) is 5.82 Å². The summed E-state index contributed by atoms with van der Waals surface area (Å²) in [6, 6.07) is 6.73. The van der Waals surface area contributed by atoms with E-state index in [9.17, 15) is 8.78 Å². The van der Waals surface area contributed by atoms with Crippen molar-refractivity contribution in [2.75, 3.05) is 29.9 Å². The van der Waals surface area contributed by atoms with Crippen LogP contribution in [0.4, 0.5) is 20.4 Å². The summed E-state index contributed by atoms with van der Waals surface area (Å²) in [7, 11) is 0. The van der Waals surface area contributed by atoms with Crippen LogP contribution in [0, 0.1) is 11.6 Å². The zero-order chi connectivity index (χ0) is 16.6. The molecular weight excluding hydrogens is 314 g/mol. The summed E-state index contributed by atoms with van der Waals surface area (Å²) < 4.78 is 32.3. The van der Waals surface area contributed by atoms with Crippen LogP contribution in [0.3, 0.4) is 0 Å². The Bertz CT molecular complexity index is 727. The second kappa shape index (κ2) is 5.98. The molecule has 1 N–H and O–H groups in total. The molecule has 0 saturated carbocycles. The van der Waals surface area contributed by atoms with Gasteiger partial charge >= 0.3 is 0 Å². The Balaban J connectivity index is 1.40. The molecule has 0 bridgehead atoms. The van der Waals surface area contributed by atoms with Crippen molar-refractivity contribution in [1.82, 2.24) is 9.97 Å². The quantitative estimate of drug-likeness (QED) is 0.936. The third kappa shape index (κ3) is 3.03. The van der Waals surface area contributed by atoms with Crippen LogP contribution in [0.1, 0.15) is 12.8 Å². The van der Waals surface area contributed by atoms with Gasteiger partial charge in [0, 0.05) is 25.2 Å². The Hall–Kier alpha value is -2.28. The molecule has 1 aromatic heterocycles. The highest BCUT2D eigenvalue weighted by Crippen LogP contribution is 2.37. The molecule has 2 aromatic rings. The van der Waals surface area contributed by atoms with E-state index in [0.29, 0.717) is 12.6 Å². The van der Waals surface area contributed by atoms with Crippen molar-refractivity contribution < 1.29 is 13.5 Å². The summed E-state index contributed by atoms with van der Waals surface area (Å²) >= 11 is 0. The molecule has 24 heavy (non-hydrogen) atoms. The Labute approximate surface area is 138 Å². The second-order valence-corrected chi connectivity index (χ2v) is 6.42. The van der Waals surface area contributed by atoms with Gasteiger partial charge < -0.3 is 15.0 Å². The van der Waals surface area contributed by atoms with Crippen LogP contribution in [0.15, 0.2) is 36.7 Å². The number of halogens is 2. The average Bonchev–Trinajstić information content (AvgIpc) is 3.17. The lowest BCUT2D eigenvalue weighted by atomic mass is 9.97. The maximum atomic E-state index is 13.4. The van der Waals surface area contributed by atoms with Crippen LogP contribution in [-0.4, -0.2) is 41.3 Å². The van der Waals surface area contributed by atoms with E-state index >= 15 is 0 Å². The van der Waals surface area contributed by atoms with Crippen LogP contribution in [0.5, 0.6) is 0 Å². The number of benzene rings is 1. The highest BCUT2D eigenvalue weighted by Gasteiger charge is 2.45. The first-order valence-corrected chi connectivity index (χ1v) is 8.00. The van der Waals surface area contributed by atoms with Gasteiger partial charge in [0.1, 0.15) is 5.82 Å². The molecule has 2 aliphatic rings. The molecule has 1 aromatic carbocycles. The number of anilines is 2. The Morgan fingerprint density at radius 1 is 1.21 bits per heavy atom. The number of nitrogens with one attached hydrogen (secondary N) is 1. The number of hydrogen-bond donors (Lipinski definition) is 1. The monoisotopic (exact) mass is 332 g/mol. The minimum atomic E-state index is -0.457. The Kier molecular flexibility index (Phi) is 3.80. The molecular formula is C17H18F2N4O. The average molecular weight is 332 g/mol. The smallest absolute Gasteiger partial charge is 0.223 e. The molecule has 3 heterocycles. The fourth-order valence-electron chi connectivity index (χ4n) is 3.53. The van der Waals surface area contributed by atoms with Crippen LogP contribution in [0.25, 0.3) is 0 Å². The summed E-state index contributed by atoms with van der Waals surface area (Å²) in [6.45, 7) is 2.12. The molecule has 2 unspecified atom stereocenters. The van der Waals surface area contributed by atoms with Gasteiger partial charge in [-0.1, -0.05) is 6.07 Å². The topological polar surface area (TPSA) is 50.3 Å². The standard InChI is InChI=1S/C17H18F2N4O/c18-12-2-1-3-15(6-12)23-5-4-17(11-23)7-14(10-24-17)22-16-20-8-13(19)9-21-16/h1-3,6,8-9,14H,4-5,7,10-11H2,(H,20,21,22). The second-order valence-electron chi connectivity index (χ2n) is 6.42. The van der Waals surface area contributed by atoms with Gasteiger partial charge in [-0.2, -0.15) is 0 Å². The summed E-state index contributed by atoms with van der Waals surface area (Å²) in [4.78, 5) is 10.0. The predicted octanol–water partition coefficient (Wildman–Crippen LogP) is 2.60. The summed E-state index contributed by atoms with van der Waals surface area (Å²) in [5, 5.41) is 3.19. The fourth-order valence-corrected chi connectivity index (χ4v) is 3.53. The van der Waals surface area contributed by atoms with E-state index in [0.717, 1.165) is 44.0 Å². The maximum Gasteiger partial charge on any atom is 0.223 e. The van der Waals surface area contributed by atoms with Crippen LogP contribution < -0.4 is 10.2 Å². The van der Waals surface area contributed by atoms with E-state index in [2.05, 4.69) is 20.2 Å². The van der Waals surface area contributed by atoms with E-state index in [1.807, 2.05) is 6.07 Å². The maximum absolute atomic E-state index is 13.4. The van der Waals surface area contributed by atoms with Crippen molar-refractivity contribution >= 4 is 11.6 Å². The first-order chi connectivity index (χ1) is 11.6. The van der Waals surface area contributed by atoms with Gasteiger partial charge in [-0.15, -0.1) is 0 Å². The Morgan fingerprint density at radius 3 is 2.83 bits per heavy atom. The molecule has 2 atom stereocenters. The minimum absolute atomic E-state index is 0.0860. The lowest BCUT2D eigenvalue weighted by Crippen LogP contribution is -2.33. The SMILES string of the molecule is Fc1cnc(NC2COC3(CCN(c4cccc(F)c4)C3)C2)nc1. The third-order valence-electron chi connectivity index (χ3n) is 4.65. The molecule has 5 nitrogen and oxygen atoms in total. The van der Waals surface area contributed by atoms with Crippen molar-refractivity contribution in [3.8, 4) is 0 Å². The van der Waals surface area contributed by atoms with Crippen molar-refractivity contribution in [3.63, 3.8) is 0 Å². The van der Waals surface area contributed by atoms with Crippen molar-refractivity contribution in [1.29, 1.82) is 0 Å². The molecule has 0 amide bonds. The number of nitrogens with zero attached hydrogens (tertiary/aromatic N) is 3. The largest absolute Gasteiger partial charge is 0.371 e. The molecule has 7 heteroatoms. The molecule has 4 rings (SSSR count). The summed E-state index contributed by atoms with van der Waals surface area (Å²) in [5.41, 5.74) is 0.651. The molecule has 0 aliphatic carbocycles. The van der Waals surface area contributed by atoms with Gasteiger partial charge in [0.25, 0.3) is 0 Å². The lowest BCUT2D eigenvalue weighted by molar-refractivity contribution is 0.0229. The predicted molar refractivity (Wildman–Crippen MR) is 85.9 cm³/mol. The first kappa shape index (κ1) is 15.3. The summed E-state index contributed by atoms with van der Waals surface area (Å²) in [6.07, 6.45) is 4.00. The normalized spacial score (nSPS) is 26.2. The highest BCUT2D eigenvalue weighted by atomic mass is 19.1. The number of ether oxygens (including phenoxy) is 1. The lowest BCUT2D eigenvalue weighted by Gasteiger charge is -2.24. The van der Waals surface area contributed by atoms with Gasteiger partial charge in [-0.3, -0.25) is 0 Å². The van der Waals surface area contributed by atoms with Crippen molar-refractivity contribution in [2.24, 2.45) is 0 Å². The first-order valence-electron chi connectivity index (χ1n) is 8.00. The van der Waals surface area contributed by atoms with Crippen LogP contribution in [0.2, 0.25) is 0 Å². The van der Waals surface area contributed by atoms with Gasteiger partial charge in [-0.25, -0.2) is 18.7 Å². The van der Waals surface area contributed by atoms with Gasteiger partial charge in [0.05, 0.1) is 30.6 Å². The van der Waals surface area contributed by atoms with E-state index < -0.39 is 5.82 Å². The van der Waals surface area contributed by atoms with E-state index in [4.69, 9.17) is 4.74 Å². The van der Waals surface area contributed by atoms with Gasteiger partial charge in [-0.05, 0) is 24.6 Å². The zero-order valence-electron chi connectivity index (χ0n) is 13.1. The number of rotatable bonds is 3. The van der Waals surface area contributed by atoms with E-state index in [-0.39, 0.29) is 17.5 Å². The number of hydrogen-bond acceptors (Lipinski definition) is 5. The highest BCUT2D eigenvalue weighted by molar-refractivity contribution is 5.48.